The molecule has 1 aliphatic rings. The lowest BCUT2D eigenvalue weighted by atomic mass is 10.3. The van der Waals surface area contributed by atoms with Gasteiger partial charge in [-0.1, -0.05) is 0 Å². The van der Waals surface area contributed by atoms with Gasteiger partial charge in [-0.15, -0.1) is 0 Å². The smallest absolute Gasteiger partial charge is 0.192 e. The van der Waals surface area contributed by atoms with Crippen molar-refractivity contribution in [1.29, 1.82) is 0 Å². The van der Waals surface area contributed by atoms with Crippen LogP contribution in [0.5, 0.6) is 0 Å². The summed E-state index contributed by atoms with van der Waals surface area (Å²) in [7, 11) is 1.62. The van der Waals surface area contributed by atoms with E-state index in [1.807, 2.05) is 20.8 Å². The summed E-state index contributed by atoms with van der Waals surface area (Å²) >= 11 is 0. The summed E-state index contributed by atoms with van der Waals surface area (Å²) < 4.78 is 15.5. The zero-order valence-corrected chi connectivity index (χ0v) is 6.93. The molecule has 1 atom stereocenters. The fourth-order valence-electron chi connectivity index (χ4n) is 0.722. The topological polar surface area (TPSA) is 31.0 Å². The Labute approximate surface area is 61.3 Å². The Morgan fingerprint density at radius 2 is 2.00 bits per heavy atom. The number of rotatable bonds is 3. The molecule has 1 heterocycles. The number of hydrogen-bond acceptors (Lipinski definition) is 3. The van der Waals surface area contributed by atoms with Crippen LogP contribution in [0.15, 0.2) is 0 Å². The molecule has 0 aromatic rings. The largest absolute Gasteiger partial charge is 0.354 e. The molecule has 0 aliphatic carbocycles. The lowest BCUT2D eigenvalue weighted by molar-refractivity contribution is -0.250. The lowest BCUT2D eigenvalue weighted by Crippen LogP contribution is -2.32. The maximum atomic E-state index is 5.44. The highest BCUT2D eigenvalue weighted by molar-refractivity contribution is 4.77. The summed E-state index contributed by atoms with van der Waals surface area (Å²) in [5.74, 6) is -0.926. The average Bonchev–Trinajstić information content (AvgIpc) is 2.47. The Hall–Kier alpha value is -0.120. The molecule has 1 unspecified atom stereocenters. The molecule has 60 valence electrons. The van der Waals surface area contributed by atoms with Gasteiger partial charge in [-0.25, -0.2) is 0 Å². The van der Waals surface area contributed by atoms with Crippen molar-refractivity contribution in [1.82, 2.24) is 0 Å². The van der Waals surface area contributed by atoms with E-state index in [9.17, 15) is 0 Å². The molecule has 0 radical (unpaired) electrons. The van der Waals surface area contributed by atoms with Gasteiger partial charge in [0.25, 0.3) is 0 Å². The molecule has 0 aromatic carbocycles. The van der Waals surface area contributed by atoms with Crippen LogP contribution in [-0.2, 0) is 14.2 Å². The van der Waals surface area contributed by atoms with Gasteiger partial charge in [0.2, 0.25) is 0 Å². The third-order valence-corrected chi connectivity index (χ3v) is 1.50. The van der Waals surface area contributed by atoms with Crippen LogP contribution in [0.1, 0.15) is 20.8 Å². The molecule has 10 heavy (non-hydrogen) atoms. The molecular formula is C7H14O3. The van der Waals surface area contributed by atoms with Crippen molar-refractivity contribution < 1.29 is 14.2 Å². The fourth-order valence-corrected chi connectivity index (χ4v) is 0.722. The Balaban J connectivity index is 2.36. The van der Waals surface area contributed by atoms with Crippen molar-refractivity contribution in [3.8, 4) is 0 Å². The fraction of sp³-hybridized carbons (Fsp3) is 1.00. The van der Waals surface area contributed by atoms with E-state index in [0.29, 0.717) is 6.61 Å². The summed E-state index contributed by atoms with van der Waals surface area (Å²) in [6.07, 6.45) is 0. The predicted molar refractivity (Wildman–Crippen MR) is 36.5 cm³/mol. The molecule has 0 saturated carbocycles. The van der Waals surface area contributed by atoms with Gasteiger partial charge in [0.05, 0.1) is 0 Å². The van der Waals surface area contributed by atoms with E-state index in [4.69, 9.17) is 14.2 Å². The van der Waals surface area contributed by atoms with Crippen molar-refractivity contribution in [3.05, 3.63) is 0 Å². The molecule has 1 aliphatic heterocycles. The molecule has 1 saturated heterocycles. The van der Waals surface area contributed by atoms with Crippen LogP contribution >= 0.6 is 0 Å². The minimum Gasteiger partial charge on any atom is -0.354 e. The number of methoxy groups -OCH3 is 1. The van der Waals surface area contributed by atoms with Crippen LogP contribution in [0.4, 0.5) is 0 Å². The van der Waals surface area contributed by atoms with E-state index in [1.165, 1.54) is 0 Å². The van der Waals surface area contributed by atoms with Crippen LogP contribution in [0.2, 0.25) is 0 Å². The van der Waals surface area contributed by atoms with E-state index in [1.54, 1.807) is 7.11 Å². The second kappa shape index (κ2) is 2.19. The van der Waals surface area contributed by atoms with Crippen LogP contribution < -0.4 is 0 Å². The highest BCUT2D eigenvalue weighted by Crippen LogP contribution is 2.32. The van der Waals surface area contributed by atoms with Gasteiger partial charge in [-0.3, -0.25) is 0 Å². The van der Waals surface area contributed by atoms with E-state index < -0.39 is 5.79 Å². The third-order valence-electron chi connectivity index (χ3n) is 1.50. The van der Waals surface area contributed by atoms with Gasteiger partial charge in [0, 0.05) is 7.11 Å². The molecule has 1 rings (SSSR count). The lowest BCUT2D eigenvalue weighted by Gasteiger charge is -2.25. The Kier molecular flexibility index (Phi) is 1.75. The molecular weight excluding hydrogens is 132 g/mol. The molecule has 0 aromatic heterocycles. The van der Waals surface area contributed by atoms with Gasteiger partial charge in [-0.2, -0.15) is 0 Å². The zero-order valence-electron chi connectivity index (χ0n) is 6.93. The molecule has 3 heteroatoms. The van der Waals surface area contributed by atoms with Crippen molar-refractivity contribution >= 4 is 0 Å². The number of hydrogen-bond donors (Lipinski definition) is 0. The second-order valence-corrected chi connectivity index (χ2v) is 3.13. The first-order chi connectivity index (χ1) is 4.47. The highest BCUT2D eigenvalue weighted by Gasteiger charge is 2.45. The minimum atomic E-state index is -0.536. The first-order valence-electron chi connectivity index (χ1n) is 3.37. The Bertz CT molecular complexity index is 127. The molecule has 3 nitrogen and oxygen atoms in total. The van der Waals surface area contributed by atoms with Crippen LogP contribution in [0.25, 0.3) is 0 Å². The summed E-state index contributed by atoms with van der Waals surface area (Å²) in [5, 5.41) is 0. The zero-order chi connectivity index (χ0) is 7.83. The third kappa shape index (κ3) is 1.94. The Morgan fingerprint density at radius 1 is 1.50 bits per heavy atom. The molecule has 0 bridgehead atoms. The SMILES string of the molecule is COC(C)(C)OC1(C)CO1. The predicted octanol–water partition coefficient (Wildman–Crippen LogP) is 1.13. The monoisotopic (exact) mass is 146 g/mol. The summed E-state index contributed by atoms with van der Waals surface area (Å²) in [6.45, 7) is 6.29. The average molecular weight is 146 g/mol. The standard InChI is InChI=1S/C7H14O3/c1-6(2,8-4)10-7(3)5-9-7/h5H2,1-4H3. The second-order valence-electron chi connectivity index (χ2n) is 3.13. The van der Waals surface area contributed by atoms with Gasteiger partial charge in [-0.05, 0) is 20.8 Å². The summed E-state index contributed by atoms with van der Waals surface area (Å²) in [5.41, 5.74) is 0. The van der Waals surface area contributed by atoms with E-state index in [2.05, 4.69) is 0 Å². The number of epoxide rings is 1. The van der Waals surface area contributed by atoms with Gasteiger partial charge >= 0.3 is 0 Å². The maximum absolute atomic E-state index is 5.44. The Morgan fingerprint density at radius 3 is 2.30 bits per heavy atom. The van der Waals surface area contributed by atoms with Crippen molar-refractivity contribution in [3.63, 3.8) is 0 Å². The summed E-state index contributed by atoms with van der Waals surface area (Å²) in [6, 6.07) is 0. The van der Waals surface area contributed by atoms with Crippen LogP contribution in [0.3, 0.4) is 0 Å². The van der Waals surface area contributed by atoms with Crippen molar-refractivity contribution in [2.75, 3.05) is 13.7 Å². The van der Waals surface area contributed by atoms with E-state index in [0.717, 1.165) is 0 Å². The number of ether oxygens (including phenoxy) is 3. The van der Waals surface area contributed by atoms with Crippen molar-refractivity contribution in [2.45, 2.75) is 32.3 Å². The van der Waals surface area contributed by atoms with Crippen molar-refractivity contribution in [2.24, 2.45) is 0 Å². The van der Waals surface area contributed by atoms with Gasteiger partial charge in [0.1, 0.15) is 6.61 Å². The van der Waals surface area contributed by atoms with E-state index in [-0.39, 0.29) is 5.79 Å². The normalized spacial score (nSPS) is 32.4. The molecule has 0 N–H and O–H groups in total. The molecule has 1 fully saturated rings. The maximum Gasteiger partial charge on any atom is 0.192 e. The van der Waals surface area contributed by atoms with Crippen LogP contribution in [0, 0.1) is 0 Å². The van der Waals surface area contributed by atoms with E-state index >= 15 is 0 Å². The first kappa shape index (κ1) is 7.98. The first-order valence-corrected chi connectivity index (χ1v) is 3.37. The van der Waals surface area contributed by atoms with Gasteiger partial charge in [0.15, 0.2) is 11.6 Å². The molecule has 0 amide bonds. The van der Waals surface area contributed by atoms with Crippen LogP contribution in [-0.4, -0.2) is 25.3 Å². The summed E-state index contributed by atoms with van der Waals surface area (Å²) in [4.78, 5) is 0. The van der Waals surface area contributed by atoms with Gasteiger partial charge < -0.3 is 14.2 Å². The molecule has 0 spiro atoms. The quantitative estimate of drug-likeness (QED) is 0.442. The highest BCUT2D eigenvalue weighted by atomic mass is 16.8. The minimum absolute atomic E-state index is 0.389.